The highest BCUT2D eigenvalue weighted by molar-refractivity contribution is 5.94. The van der Waals surface area contributed by atoms with Gasteiger partial charge in [-0.25, -0.2) is 14.3 Å². The van der Waals surface area contributed by atoms with Crippen molar-refractivity contribution in [3.63, 3.8) is 0 Å². The van der Waals surface area contributed by atoms with Crippen LogP contribution in [-0.2, 0) is 16.1 Å². The van der Waals surface area contributed by atoms with Crippen LogP contribution in [0.15, 0.2) is 54.7 Å². The number of aromatic nitrogens is 3. The van der Waals surface area contributed by atoms with Crippen molar-refractivity contribution in [3.05, 3.63) is 71.5 Å². The molecule has 4 rings (SSSR count). The Hall–Kier alpha value is -4.21. The van der Waals surface area contributed by atoms with Crippen LogP contribution in [-0.4, -0.2) is 68.7 Å². The number of nitrogens with one attached hydrogen (secondary N) is 1. The largest absolute Gasteiger partial charge is 0.480 e. The highest BCUT2D eigenvalue weighted by Gasteiger charge is 2.29. The van der Waals surface area contributed by atoms with E-state index in [9.17, 15) is 19.5 Å². The first-order valence-electron chi connectivity index (χ1n) is 11.4. The summed E-state index contributed by atoms with van der Waals surface area (Å²) in [6.07, 6.45) is 0.884. The fourth-order valence-electron chi connectivity index (χ4n) is 4.30. The Kier molecular flexibility index (Phi) is 7.09. The Labute approximate surface area is 202 Å². The fourth-order valence-corrected chi connectivity index (χ4v) is 4.30. The lowest BCUT2D eigenvalue weighted by atomic mass is 9.98. The number of carbonyl (C=O) groups excluding carboxylic acids is 2. The lowest BCUT2D eigenvalue weighted by Crippen LogP contribution is -2.43. The number of amides is 2. The van der Waals surface area contributed by atoms with Crippen molar-refractivity contribution in [3.8, 4) is 11.1 Å². The van der Waals surface area contributed by atoms with E-state index in [0.29, 0.717) is 0 Å². The second-order valence-corrected chi connectivity index (χ2v) is 8.22. The Morgan fingerprint density at radius 1 is 1.11 bits per heavy atom. The highest BCUT2D eigenvalue weighted by atomic mass is 16.5. The van der Waals surface area contributed by atoms with Gasteiger partial charge in [-0.3, -0.25) is 4.79 Å². The van der Waals surface area contributed by atoms with Gasteiger partial charge in [-0.1, -0.05) is 53.7 Å². The molecular weight excluding hydrogens is 450 g/mol. The second-order valence-electron chi connectivity index (χ2n) is 8.22. The normalized spacial score (nSPS) is 13.0. The third-order valence-electron chi connectivity index (χ3n) is 6.14. The molecule has 1 unspecified atom stereocenters. The van der Waals surface area contributed by atoms with Crippen molar-refractivity contribution in [2.75, 3.05) is 19.7 Å². The van der Waals surface area contributed by atoms with E-state index in [1.807, 2.05) is 24.3 Å². The summed E-state index contributed by atoms with van der Waals surface area (Å²) in [4.78, 5) is 37.3. The number of likely N-dealkylation sites (N-methyl/N-ethyl adjacent to an activating group) is 1. The van der Waals surface area contributed by atoms with Gasteiger partial charge < -0.3 is 20.1 Å². The van der Waals surface area contributed by atoms with Crippen LogP contribution in [0.25, 0.3) is 11.1 Å². The third kappa shape index (κ3) is 5.01. The molecule has 35 heavy (non-hydrogen) atoms. The van der Waals surface area contributed by atoms with Gasteiger partial charge in [-0.15, -0.1) is 5.10 Å². The molecule has 0 bridgehead atoms. The second kappa shape index (κ2) is 10.4. The van der Waals surface area contributed by atoms with Gasteiger partial charge in [0.2, 0.25) is 0 Å². The molecule has 0 radical (unpaired) electrons. The van der Waals surface area contributed by atoms with Crippen LogP contribution >= 0.6 is 0 Å². The van der Waals surface area contributed by atoms with E-state index in [0.717, 1.165) is 22.3 Å². The smallest absolute Gasteiger partial charge is 0.407 e. The summed E-state index contributed by atoms with van der Waals surface area (Å²) in [5.74, 6) is -1.63. The van der Waals surface area contributed by atoms with Gasteiger partial charge in [0.25, 0.3) is 5.91 Å². The number of alkyl carbamates (subject to hydrolysis) is 1. The average molecular weight is 478 g/mol. The summed E-state index contributed by atoms with van der Waals surface area (Å²) < 4.78 is 6.92. The maximum atomic E-state index is 12.6. The number of nitrogens with zero attached hydrogens (tertiary/aromatic N) is 4. The number of carbonyl (C=O) groups is 3. The first-order chi connectivity index (χ1) is 16.9. The zero-order chi connectivity index (χ0) is 24.9. The van der Waals surface area contributed by atoms with Gasteiger partial charge in [-0.2, -0.15) is 0 Å². The Morgan fingerprint density at radius 2 is 1.74 bits per heavy atom. The average Bonchev–Trinajstić information content (AvgIpc) is 3.46. The first kappa shape index (κ1) is 23.9. The Balaban J connectivity index is 1.28. The summed E-state index contributed by atoms with van der Waals surface area (Å²) in [7, 11) is 0. The molecule has 2 N–H and O–H groups in total. The maximum Gasteiger partial charge on any atom is 0.407 e. The molecule has 2 amide bonds. The lowest BCUT2D eigenvalue weighted by Gasteiger charge is -2.23. The minimum atomic E-state index is -1.10. The Bertz CT molecular complexity index is 1190. The van der Waals surface area contributed by atoms with Crippen molar-refractivity contribution >= 4 is 18.0 Å². The lowest BCUT2D eigenvalue weighted by molar-refractivity contribution is -0.141. The molecule has 1 aliphatic rings. The number of rotatable bonds is 9. The molecule has 1 atom stereocenters. The van der Waals surface area contributed by atoms with Gasteiger partial charge >= 0.3 is 12.1 Å². The van der Waals surface area contributed by atoms with E-state index in [1.54, 1.807) is 6.92 Å². The van der Waals surface area contributed by atoms with Crippen molar-refractivity contribution in [1.82, 2.24) is 25.2 Å². The number of hydrogen-bond donors (Lipinski definition) is 2. The number of ether oxygens (including phenoxy) is 1. The summed E-state index contributed by atoms with van der Waals surface area (Å²) >= 11 is 0. The number of benzene rings is 2. The van der Waals surface area contributed by atoms with Crippen LogP contribution < -0.4 is 5.32 Å². The molecule has 1 aromatic heterocycles. The predicted molar refractivity (Wildman–Crippen MR) is 127 cm³/mol. The summed E-state index contributed by atoms with van der Waals surface area (Å²) in [6.45, 7) is 4.06. The van der Waals surface area contributed by atoms with E-state index >= 15 is 0 Å². The summed E-state index contributed by atoms with van der Waals surface area (Å²) in [5.41, 5.74) is 4.64. The third-order valence-corrected chi connectivity index (χ3v) is 6.14. The van der Waals surface area contributed by atoms with Crippen molar-refractivity contribution in [2.24, 2.45) is 0 Å². The molecule has 10 nitrogen and oxygen atoms in total. The standard InChI is InChI=1S/C25H27N5O5/c1-3-30(16(2)24(32)33)23(31)22-14-29(28-27-22)13-12-26-25(34)35-15-21-19-10-6-4-8-17(19)18-9-5-7-11-20(18)21/h4-11,14,16,21H,3,12-13,15H2,1-2H3,(H,26,34)(H,32,33). The summed E-state index contributed by atoms with van der Waals surface area (Å²) in [5, 5.41) is 19.6. The molecule has 0 fully saturated rings. The van der Waals surface area contributed by atoms with Gasteiger partial charge in [0.1, 0.15) is 12.6 Å². The molecule has 182 valence electrons. The molecule has 0 spiro atoms. The van der Waals surface area contributed by atoms with Gasteiger partial charge in [0.15, 0.2) is 5.69 Å². The molecule has 1 heterocycles. The van der Waals surface area contributed by atoms with Crippen LogP contribution in [0.5, 0.6) is 0 Å². The van der Waals surface area contributed by atoms with Gasteiger partial charge in [0, 0.05) is 19.0 Å². The SMILES string of the molecule is CCN(C(=O)c1cn(CCNC(=O)OCC2c3ccccc3-c3ccccc32)nn1)C(C)C(=O)O. The number of hydrogen-bond acceptors (Lipinski definition) is 6. The maximum absolute atomic E-state index is 12.6. The molecule has 10 heteroatoms. The van der Waals surface area contributed by atoms with E-state index in [2.05, 4.69) is 39.9 Å². The Morgan fingerprint density at radius 3 is 2.34 bits per heavy atom. The number of carboxylic acids is 1. The van der Waals surface area contributed by atoms with Crippen LogP contribution in [0.2, 0.25) is 0 Å². The molecule has 2 aromatic carbocycles. The topological polar surface area (TPSA) is 127 Å². The van der Waals surface area contributed by atoms with E-state index < -0.39 is 24.0 Å². The van der Waals surface area contributed by atoms with Gasteiger partial charge in [-0.05, 0) is 36.1 Å². The summed E-state index contributed by atoms with van der Waals surface area (Å²) in [6, 6.07) is 15.3. The number of fused-ring (bicyclic) bond motifs is 3. The van der Waals surface area contributed by atoms with Crippen LogP contribution in [0, 0.1) is 0 Å². The molecule has 3 aromatic rings. The van der Waals surface area contributed by atoms with Gasteiger partial charge in [0.05, 0.1) is 12.7 Å². The molecule has 0 aliphatic heterocycles. The van der Waals surface area contributed by atoms with Crippen LogP contribution in [0.4, 0.5) is 4.79 Å². The monoisotopic (exact) mass is 477 g/mol. The number of carboxylic acid groups (broad SMARTS) is 1. The fraction of sp³-hybridized carbons (Fsp3) is 0.320. The zero-order valence-electron chi connectivity index (χ0n) is 19.5. The zero-order valence-corrected chi connectivity index (χ0v) is 19.5. The van der Waals surface area contributed by atoms with Crippen LogP contribution in [0.1, 0.15) is 41.4 Å². The van der Waals surface area contributed by atoms with E-state index in [4.69, 9.17) is 4.74 Å². The van der Waals surface area contributed by atoms with Crippen molar-refractivity contribution in [1.29, 1.82) is 0 Å². The quantitative estimate of drug-likeness (QED) is 0.485. The predicted octanol–water partition coefficient (Wildman–Crippen LogP) is 2.75. The van der Waals surface area contributed by atoms with Crippen molar-refractivity contribution in [2.45, 2.75) is 32.4 Å². The molecule has 0 saturated carbocycles. The molecular formula is C25H27N5O5. The van der Waals surface area contributed by atoms with E-state index in [-0.39, 0.29) is 37.9 Å². The van der Waals surface area contributed by atoms with Crippen molar-refractivity contribution < 1.29 is 24.2 Å². The molecule has 1 aliphatic carbocycles. The molecule has 0 saturated heterocycles. The van der Waals surface area contributed by atoms with E-state index in [1.165, 1.54) is 22.7 Å². The minimum absolute atomic E-state index is 0.0215. The number of aliphatic carboxylic acids is 1. The minimum Gasteiger partial charge on any atom is -0.480 e. The highest BCUT2D eigenvalue weighted by Crippen LogP contribution is 2.44. The first-order valence-corrected chi connectivity index (χ1v) is 11.4. The van der Waals surface area contributed by atoms with Crippen LogP contribution in [0.3, 0.4) is 0 Å².